The maximum atomic E-state index is 11.2. The summed E-state index contributed by atoms with van der Waals surface area (Å²) in [4.78, 5) is 15.5. The number of aliphatic hydroxyl groups excluding tert-OH is 2. The van der Waals surface area contributed by atoms with E-state index < -0.39 is 23.6 Å². The molecule has 1 aliphatic rings. The van der Waals surface area contributed by atoms with Gasteiger partial charge in [0.1, 0.15) is 0 Å². The molecule has 1 atom stereocenters. The number of aryl methyl sites for hydroxylation is 1. The summed E-state index contributed by atoms with van der Waals surface area (Å²) in [6.07, 6.45) is 0.776. The van der Waals surface area contributed by atoms with Crippen molar-refractivity contribution in [3.05, 3.63) is 65.2 Å². The fourth-order valence-electron chi connectivity index (χ4n) is 2.28. The number of cyclic esters (lactones) is 1. The zero-order valence-corrected chi connectivity index (χ0v) is 11.3. The summed E-state index contributed by atoms with van der Waals surface area (Å²) < 4.78 is 4.91. The van der Waals surface area contributed by atoms with Gasteiger partial charge in [0.2, 0.25) is 5.76 Å². The number of ether oxygens (including phenoxy) is 1. The van der Waals surface area contributed by atoms with Gasteiger partial charge in [0, 0.05) is 17.3 Å². The summed E-state index contributed by atoms with van der Waals surface area (Å²) in [7, 11) is 0. The molecule has 0 radical (unpaired) electrons. The second-order valence-electron chi connectivity index (χ2n) is 4.81. The van der Waals surface area contributed by atoms with Crippen LogP contribution in [0.3, 0.4) is 0 Å². The Kier molecular flexibility index (Phi) is 3.10. The summed E-state index contributed by atoms with van der Waals surface area (Å²) >= 11 is 0. The number of aliphatic hydroxyl groups is 2. The van der Waals surface area contributed by atoms with Crippen LogP contribution in [0.1, 0.15) is 17.2 Å². The fourth-order valence-corrected chi connectivity index (χ4v) is 2.28. The molecule has 5 heteroatoms. The lowest BCUT2D eigenvalue weighted by molar-refractivity contribution is -0.142. The van der Waals surface area contributed by atoms with Crippen LogP contribution >= 0.6 is 0 Å². The number of hydrogen-bond acceptors (Lipinski definition) is 5. The first kappa shape index (κ1) is 13.2. The minimum atomic E-state index is -0.948. The minimum absolute atomic E-state index is 0.457. The number of esters is 1. The van der Waals surface area contributed by atoms with Gasteiger partial charge in [0.05, 0.1) is 5.69 Å². The molecule has 1 aromatic carbocycles. The van der Waals surface area contributed by atoms with Crippen molar-refractivity contribution in [2.24, 2.45) is 0 Å². The summed E-state index contributed by atoms with van der Waals surface area (Å²) in [6, 6.07) is 11.0. The SMILES string of the molecule is Cc1cccnc1-c1ccc(C2OC(=O)C(O)=C2O)cc1. The summed E-state index contributed by atoms with van der Waals surface area (Å²) in [5.41, 5.74) is 3.43. The monoisotopic (exact) mass is 283 g/mol. The largest absolute Gasteiger partial charge is 0.505 e. The van der Waals surface area contributed by atoms with E-state index in [-0.39, 0.29) is 0 Å². The van der Waals surface area contributed by atoms with Gasteiger partial charge in [-0.2, -0.15) is 0 Å². The van der Waals surface area contributed by atoms with E-state index in [0.717, 1.165) is 16.8 Å². The summed E-state index contributed by atoms with van der Waals surface area (Å²) in [6.45, 7) is 1.97. The molecule has 0 aliphatic carbocycles. The van der Waals surface area contributed by atoms with Crippen molar-refractivity contribution in [2.75, 3.05) is 0 Å². The average molecular weight is 283 g/mol. The van der Waals surface area contributed by atoms with Crippen molar-refractivity contribution in [3.8, 4) is 11.3 Å². The van der Waals surface area contributed by atoms with E-state index in [0.29, 0.717) is 5.56 Å². The lowest BCUT2D eigenvalue weighted by Crippen LogP contribution is -2.03. The highest BCUT2D eigenvalue weighted by molar-refractivity contribution is 5.89. The molecule has 1 aliphatic heterocycles. The molecule has 0 amide bonds. The van der Waals surface area contributed by atoms with Gasteiger partial charge in [0.15, 0.2) is 11.9 Å². The van der Waals surface area contributed by atoms with Gasteiger partial charge >= 0.3 is 5.97 Å². The van der Waals surface area contributed by atoms with E-state index in [4.69, 9.17) is 4.74 Å². The first-order valence-corrected chi connectivity index (χ1v) is 6.43. The topological polar surface area (TPSA) is 79.7 Å². The van der Waals surface area contributed by atoms with Crippen molar-refractivity contribution >= 4 is 5.97 Å². The van der Waals surface area contributed by atoms with Gasteiger partial charge in [-0.1, -0.05) is 30.3 Å². The molecule has 0 saturated carbocycles. The molecule has 21 heavy (non-hydrogen) atoms. The third-order valence-corrected chi connectivity index (χ3v) is 3.41. The van der Waals surface area contributed by atoms with Crippen molar-refractivity contribution in [2.45, 2.75) is 13.0 Å². The second kappa shape index (κ2) is 4.94. The number of hydrogen-bond donors (Lipinski definition) is 2. The maximum Gasteiger partial charge on any atom is 0.378 e. The van der Waals surface area contributed by atoms with Gasteiger partial charge in [0.25, 0.3) is 0 Å². The van der Waals surface area contributed by atoms with Crippen LogP contribution in [0.15, 0.2) is 54.1 Å². The second-order valence-corrected chi connectivity index (χ2v) is 4.81. The normalized spacial score (nSPS) is 18.0. The smallest absolute Gasteiger partial charge is 0.378 e. The van der Waals surface area contributed by atoms with Crippen LogP contribution in [-0.2, 0) is 9.53 Å². The van der Waals surface area contributed by atoms with Crippen molar-refractivity contribution in [1.29, 1.82) is 0 Å². The van der Waals surface area contributed by atoms with E-state index in [1.807, 2.05) is 31.2 Å². The lowest BCUT2D eigenvalue weighted by Gasteiger charge is -2.11. The standard InChI is InChI=1S/C16H13NO4/c1-9-3-2-8-17-12(9)10-4-6-11(7-5-10)15-13(18)14(19)16(20)21-15/h2-8,15,18-19H,1H3. The third kappa shape index (κ3) is 2.23. The number of benzene rings is 1. The van der Waals surface area contributed by atoms with E-state index in [1.54, 1.807) is 18.3 Å². The first-order chi connectivity index (χ1) is 10.1. The Morgan fingerprint density at radius 3 is 2.43 bits per heavy atom. The van der Waals surface area contributed by atoms with E-state index in [2.05, 4.69) is 4.98 Å². The Labute approximate surface area is 121 Å². The van der Waals surface area contributed by atoms with E-state index >= 15 is 0 Å². The Balaban J connectivity index is 1.93. The van der Waals surface area contributed by atoms with Crippen LogP contribution in [0.5, 0.6) is 0 Å². The minimum Gasteiger partial charge on any atom is -0.505 e. The Bertz CT molecular complexity index is 734. The predicted molar refractivity (Wildman–Crippen MR) is 75.5 cm³/mol. The molecule has 0 bridgehead atoms. The molecule has 0 fully saturated rings. The lowest BCUT2D eigenvalue weighted by atomic mass is 10.0. The van der Waals surface area contributed by atoms with Crippen LogP contribution in [0.2, 0.25) is 0 Å². The molecule has 1 aromatic heterocycles. The quantitative estimate of drug-likeness (QED) is 0.828. The van der Waals surface area contributed by atoms with Gasteiger partial charge < -0.3 is 14.9 Å². The predicted octanol–water partition coefficient (Wildman–Crippen LogP) is 2.98. The van der Waals surface area contributed by atoms with Crippen molar-refractivity contribution < 1.29 is 19.7 Å². The number of rotatable bonds is 2. The van der Waals surface area contributed by atoms with E-state index in [9.17, 15) is 15.0 Å². The number of pyridine rings is 1. The van der Waals surface area contributed by atoms with Crippen molar-refractivity contribution in [3.63, 3.8) is 0 Å². The molecule has 2 aromatic rings. The molecule has 106 valence electrons. The molecular formula is C16H13NO4. The third-order valence-electron chi connectivity index (χ3n) is 3.41. The van der Waals surface area contributed by atoms with Gasteiger partial charge in [-0.05, 0) is 18.6 Å². The maximum absolute atomic E-state index is 11.2. The summed E-state index contributed by atoms with van der Waals surface area (Å²) in [5.74, 6) is -2.10. The number of aromatic nitrogens is 1. The highest BCUT2D eigenvalue weighted by atomic mass is 16.6. The van der Waals surface area contributed by atoms with Crippen molar-refractivity contribution in [1.82, 2.24) is 4.98 Å². The summed E-state index contributed by atoms with van der Waals surface area (Å²) in [5, 5.41) is 19.0. The molecule has 1 unspecified atom stereocenters. The molecule has 5 nitrogen and oxygen atoms in total. The fraction of sp³-hybridized carbons (Fsp3) is 0.125. The first-order valence-electron chi connectivity index (χ1n) is 6.43. The number of carbonyl (C=O) groups is 1. The highest BCUT2D eigenvalue weighted by Crippen LogP contribution is 2.33. The van der Waals surface area contributed by atoms with Crippen LogP contribution in [0, 0.1) is 6.92 Å². The molecular weight excluding hydrogens is 270 g/mol. The van der Waals surface area contributed by atoms with Gasteiger partial charge in [-0.25, -0.2) is 4.79 Å². The zero-order valence-electron chi connectivity index (χ0n) is 11.3. The Morgan fingerprint density at radius 2 is 1.86 bits per heavy atom. The number of carbonyl (C=O) groups excluding carboxylic acids is 1. The number of nitrogens with zero attached hydrogens (tertiary/aromatic N) is 1. The Morgan fingerprint density at radius 1 is 1.14 bits per heavy atom. The van der Waals surface area contributed by atoms with Gasteiger partial charge in [-0.3, -0.25) is 4.98 Å². The molecule has 0 spiro atoms. The molecule has 3 rings (SSSR count). The highest BCUT2D eigenvalue weighted by Gasteiger charge is 2.35. The molecule has 2 N–H and O–H groups in total. The van der Waals surface area contributed by atoms with E-state index in [1.165, 1.54) is 0 Å². The van der Waals surface area contributed by atoms with Crippen LogP contribution < -0.4 is 0 Å². The molecule has 0 saturated heterocycles. The van der Waals surface area contributed by atoms with Crippen LogP contribution in [-0.4, -0.2) is 21.2 Å². The Hall–Kier alpha value is -2.82. The average Bonchev–Trinajstić information content (AvgIpc) is 2.76. The van der Waals surface area contributed by atoms with Crippen LogP contribution in [0.25, 0.3) is 11.3 Å². The molecule has 2 heterocycles. The van der Waals surface area contributed by atoms with Crippen LogP contribution in [0.4, 0.5) is 0 Å². The van der Waals surface area contributed by atoms with Gasteiger partial charge in [-0.15, -0.1) is 0 Å². The zero-order chi connectivity index (χ0) is 15.0.